The van der Waals surface area contributed by atoms with E-state index in [1.165, 1.54) is 0 Å². The van der Waals surface area contributed by atoms with Gasteiger partial charge in [-0.25, -0.2) is 0 Å². The minimum atomic E-state index is 0.212. The van der Waals surface area contributed by atoms with Crippen molar-refractivity contribution in [3.8, 4) is 0 Å². The van der Waals surface area contributed by atoms with Crippen LogP contribution in [0.5, 0.6) is 0 Å². The molecule has 68 valence electrons. The molecule has 0 heterocycles. The molecule has 0 atom stereocenters. The minimum Gasteiger partial charge on any atom is -0.295 e. The smallest absolute Gasteiger partial charge is 0.158 e. The molecule has 1 rings (SSSR count). The highest BCUT2D eigenvalue weighted by molar-refractivity contribution is 5.98. The lowest BCUT2D eigenvalue weighted by molar-refractivity contribution is -0.115. The zero-order valence-electron chi connectivity index (χ0n) is 8.08. The lowest BCUT2D eigenvalue weighted by Crippen LogP contribution is -1.95. The Morgan fingerprint density at radius 1 is 1.31 bits per heavy atom. The van der Waals surface area contributed by atoms with Crippen molar-refractivity contribution in [2.24, 2.45) is 0 Å². The van der Waals surface area contributed by atoms with Crippen molar-refractivity contribution in [1.82, 2.24) is 0 Å². The highest BCUT2D eigenvalue weighted by atomic mass is 16.1. The Kier molecular flexibility index (Phi) is 3.44. The fourth-order valence-corrected chi connectivity index (χ4v) is 1.16. The Bertz CT molecular complexity index is 309. The second kappa shape index (κ2) is 4.61. The maximum Gasteiger partial charge on any atom is 0.158 e. The van der Waals surface area contributed by atoms with Crippen LogP contribution in [0.25, 0.3) is 6.08 Å². The maximum atomic E-state index is 11.2. The van der Waals surface area contributed by atoms with Crippen molar-refractivity contribution in [2.75, 3.05) is 0 Å². The van der Waals surface area contributed by atoms with Gasteiger partial charge in [0.2, 0.25) is 0 Å². The monoisotopic (exact) mass is 174 g/mol. The summed E-state index contributed by atoms with van der Waals surface area (Å²) in [7, 11) is 0. The maximum absolute atomic E-state index is 11.2. The van der Waals surface area contributed by atoms with Gasteiger partial charge in [-0.2, -0.15) is 0 Å². The van der Waals surface area contributed by atoms with Crippen LogP contribution >= 0.6 is 0 Å². The fraction of sp³-hybridized carbons (Fsp3) is 0.250. The summed E-state index contributed by atoms with van der Waals surface area (Å²) in [6, 6.07) is 9.89. The third-order valence-electron chi connectivity index (χ3n) is 1.94. The first-order chi connectivity index (χ1) is 6.24. The second-order valence-corrected chi connectivity index (χ2v) is 3.01. The molecule has 0 N–H and O–H groups in total. The lowest BCUT2D eigenvalue weighted by Gasteiger charge is -1.97. The number of carbonyl (C=O) groups excluding carboxylic acids is 1. The molecule has 0 amide bonds. The van der Waals surface area contributed by atoms with E-state index in [0.29, 0.717) is 6.42 Å². The number of carbonyl (C=O) groups is 1. The molecule has 0 spiro atoms. The van der Waals surface area contributed by atoms with Gasteiger partial charge in [0.15, 0.2) is 5.78 Å². The van der Waals surface area contributed by atoms with Crippen LogP contribution in [-0.2, 0) is 4.79 Å². The first-order valence-electron chi connectivity index (χ1n) is 4.50. The minimum absolute atomic E-state index is 0.212. The van der Waals surface area contributed by atoms with E-state index in [4.69, 9.17) is 0 Å². The Balaban J connectivity index is 2.83. The molecule has 13 heavy (non-hydrogen) atoms. The second-order valence-electron chi connectivity index (χ2n) is 3.01. The van der Waals surface area contributed by atoms with Gasteiger partial charge < -0.3 is 0 Å². The fourth-order valence-electron chi connectivity index (χ4n) is 1.16. The Morgan fingerprint density at radius 2 is 1.92 bits per heavy atom. The molecule has 0 aliphatic heterocycles. The van der Waals surface area contributed by atoms with Crippen molar-refractivity contribution in [2.45, 2.75) is 20.3 Å². The SMILES string of the molecule is CCC(=O)/C(C)=C/c1ccccc1. The summed E-state index contributed by atoms with van der Waals surface area (Å²) in [5.74, 6) is 0.212. The van der Waals surface area contributed by atoms with Gasteiger partial charge in [-0.3, -0.25) is 4.79 Å². The zero-order chi connectivity index (χ0) is 9.68. The summed E-state index contributed by atoms with van der Waals surface area (Å²) in [5, 5.41) is 0. The molecule has 0 radical (unpaired) electrons. The summed E-state index contributed by atoms with van der Waals surface area (Å²) in [6.07, 6.45) is 2.50. The van der Waals surface area contributed by atoms with Crippen molar-refractivity contribution < 1.29 is 4.79 Å². The average molecular weight is 174 g/mol. The molecule has 1 nitrogen and oxygen atoms in total. The number of benzene rings is 1. The highest BCUT2D eigenvalue weighted by Gasteiger charge is 1.99. The van der Waals surface area contributed by atoms with Gasteiger partial charge in [0.25, 0.3) is 0 Å². The predicted octanol–water partition coefficient (Wildman–Crippen LogP) is 3.07. The van der Waals surface area contributed by atoms with Crippen LogP contribution in [0.3, 0.4) is 0 Å². The Labute approximate surface area is 79.1 Å². The first kappa shape index (κ1) is 9.72. The molecular weight excluding hydrogens is 160 g/mol. The average Bonchev–Trinajstić information content (AvgIpc) is 2.18. The summed E-state index contributed by atoms with van der Waals surface area (Å²) in [5.41, 5.74) is 1.91. The van der Waals surface area contributed by atoms with Gasteiger partial charge >= 0.3 is 0 Å². The largest absolute Gasteiger partial charge is 0.295 e. The van der Waals surface area contributed by atoms with Gasteiger partial charge in [-0.15, -0.1) is 0 Å². The van der Waals surface area contributed by atoms with Crippen LogP contribution in [0.1, 0.15) is 25.8 Å². The molecule has 0 bridgehead atoms. The molecule has 0 aliphatic rings. The normalized spacial score (nSPS) is 11.4. The van der Waals surface area contributed by atoms with Gasteiger partial charge in [0.1, 0.15) is 0 Å². The standard InChI is InChI=1S/C12H14O/c1-3-12(13)10(2)9-11-7-5-4-6-8-11/h4-9H,3H2,1-2H3/b10-9+. The van der Waals surface area contributed by atoms with Crippen LogP contribution in [-0.4, -0.2) is 5.78 Å². The number of rotatable bonds is 3. The zero-order valence-corrected chi connectivity index (χ0v) is 8.08. The summed E-state index contributed by atoms with van der Waals surface area (Å²) in [4.78, 5) is 11.2. The molecule has 0 saturated heterocycles. The van der Waals surface area contributed by atoms with Crippen molar-refractivity contribution in [1.29, 1.82) is 0 Å². The molecule has 1 heteroatoms. The molecule has 0 aliphatic carbocycles. The number of hydrogen-bond acceptors (Lipinski definition) is 1. The highest BCUT2D eigenvalue weighted by Crippen LogP contribution is 2.07. The lowest BCUT2D eigenvalue weighted by atomic mass is 10.1. The first-order valence-corrected chi connectivity index (χ1v) is 4.50. The van der Waals surface area contributed by atoms with E-state index in [0.717, 1.165) is 11.1 Å². The quantitative estimate of drug-likeness (QED) is 0.643. The van der Waals surface area contributed by atoms with Crippen LogP contribution < -0.4 is 0 Å². The van der Waals surface area contributed by atoms with Crippen LogP contribution in [0.2, 0.25) is 0 Å². The molecule has 0 aromatic heterocycles. The van der Waals surface area contributed by atoms with E-state index >= 15 is 0 Å². The molecular formula is C12H14O. The topological polar surface area (TPSA) is 17.1 Å². The van der Waals surface area contributed by atoms with Crippen molar-refractivity contribution in [3.63, 3.8) is 0 Å². The molecule has 1 aromatic rings. The van der Waals surface area contributed by atoms with Crippen LogP contribution in [0.15, 0.2) is 35.9 Å². The van der Waals surface area contributed by atoms with E-state index in [1.807, 2.05) is 50.3 Å². The summed E-state index contributed by atoms with van der Waals surface area (Å²) in [6.45, 7) is 3.74. The van der Waals surface area contributed by atoms with Gasteiger partial charge in [-0.05, 0) is 24.1 Å². The number of ketones is 1. The number of hydrogen-bond donors (Lipinski definition) is 0. The Morgan fingerprint density at radius 3 is 2.46 bits per heavy atom. The van der Waals surface area contributed by atoms with Gasteiger partial charge in [-0.1, -0.05) is 37.3 Å². The van der Waals surface area contributed by atoms with Gasteiger partial charge in [0.05, 0.1) is 0 Å². The van der Waals surface area contributed by atoms with Crippen LogP contribution in [0.4, 0.5) is 0 Å². The number of Topliss-reactive ketones (excluding diaryl/α,β-unsaturated/α-hetero) is 1. The summed E-state index contributed by atoms with van der Waals surface area (Å²) < 4.78 is 0. The van der Waals surface area contributed by atoms with E-state index < -0.39 is 0 Å². The van der Waals surface area contributed by atoms with E-state index in [2.05, 4.69) is 0 Å². The predicted molar refractivity (Wildman–Crippen MR) is 55.4 cm³/mol. The third-order valence-corrected chi connectivity index (χ3v) is 1.94. The Hall–Kier alpha value is -1.37. The molecule has 0 fully saturated rings. The molecule has 0 saturated carbocycles. The van der Waals surface area contributed by atoms with Crippen molar-refractivity contribution >= 4 is 11.9 Å². The molecule has 0 unspecified atom stereocenters. The van der Waals surface area contributed by atoms with Crippen molar-refractivity contribution in [3.05, 3.63) is 41.5 Å². The molecule has 1 aromatic carbocycles. The van der Waals surface area contributed by atoms with Crippen LogP contribution in [0, 0.1) is 0 Å². The van der Waals surface area contributed by atoms with E-state index in [9.17, 15) is 4.79 Å². The summed E-state index contributed by atoms with van der Waals surface area (Å²) >= 11 is 0. The number of allylic oxidation sites excluding steroid dienone is 1. The van der Waals surface area contributed by atoms with Gasteiger partial charge in [0, 0.05) is 6.42 Å². The van der Waals surface area contributed by atoms with E-state index in [1.54, 1.807) is 0 Å². The third kappa shape index (κ3) is 2.86. The van der Waals surface area contributed by atoms with E-state index in [-0.39, 0.29) is 5.78 Å².